The maximum atomic E-state index is 13.3. The molecule has 1 aromatic carbocycles. The summed E-state index contributed by atoms with van der Waals surface area (Å²) in [6.07, 6.45) is 6.85. The van der Waals surface area contributed by atoms with Crippen molar-refractivity contribution in [1.82, 2.24) is 15.1 Å². The molecule has 0 bridgehead atoms. The number of hydrogen-bond acceptors (Lipinski definition) is 4. The van der Waals surface area contributed by atoms with E-state index < -0.39 is 18.6 Å². The van der Waals surface area contributed by atoms with Crippen molar-refractivity contribution >= 4 is 6.09 Å². The van der Waals surface area contributed by atoms with Gasteiger partial charge in [-0.05, 0) is 56.1 Å². The minimum absolute atomic E-state index is 0.0275. The number of benzene rings is 1. The number of amides is 1. The predicted molar refractivity (Wildman–Crippen MR) is 120 cm³/mol. The minimum atomic E-state index is -3.06. The Kier molecular flexibility index (Phi) is 7.63. The van der Waals surface area contributed by atoms with E-state index in [9.17, 15) is 13.6 Å². The Morgan fingerprint density at radius 3 is 2.58 bits per heavy atom. The van der Waals surface area contributed by atoms with Gasteiger partial charge in [-0.2, -0.15) is 5.10 Å². The largest absolute Gasteiger partial charge is 0.443 e. The van der Waals surface area contributed by atoms with Crippen molar-refractivity contribution in [3.63, 3.8) is 0 Å². The van der Waals surface area contributed by atoms with E-state index in [2.05, 4.69) is 34.5 Å². The highest BCUT2D eigenvalue weighted by Gasteiger charge is 2.39. The molecule has 0 radical (unpaired) electrons. The number of carbonyl (C=O) groups excluding carboxylic acids is 1. The van der Waals surface area contributed by atoms with Crippen LogP contribution >= 0.6 is 0 Å². The van der Waals surface area contributed by atoms with Gasteiger partial charge < -0.3 is 14.4 Å². The molecule has 33 heavy (non-hydrogen) atoms. The molecule has 1 amide bonds. The fourth-order valence-electron chi connectivity index (χ4n) is 5.11. The lowest BCUT2D eigenvalue weighted by atomic mass is 9.82. The highest BCUT2D eigenvalue weighted by molar-refractivity contribution is 5.68. The van der Waals surface area contributed by atoms with E-state index in [1.165, 1.54) is 5.56 Å². The van der Waals surface area contributed by atoms with Crippen molar-refractivity contribution in [3.8, 4) is 0 Å². The van der Waals surface area contributed by atoms with Gasteiger partial charge in [0.15, 0.2) is 6.61 Å². The summed E-state index contributed by atoms with van der Waals surface area (Å²) in [7, 11) is 0. The first-order valence-electron chi connectivity index (χ1n) is 11.9. The summed E-state index contributed by atoms with van der Waals surface area (Å²) in [5.74, 6) is -2.53. The number of hydrogen-bond donors (Lipinski definition) is 1. The molecule has 1 aliphatic heterocycles. The number of alkyl halides is 2. The molecule has 1 aliphatic carbocycles. The van der Waals surface area contributed by atoms with E-state index in [1.807, 2.05) is 12.1 Å². The van der Waals surface area contributed by atoms with Crippen LogP contribution in [-0.2, 0) is 9.47 Å². The molecular weight excluding hydrogens is 428 g/mol. The van der Waals surface area contributed by atoms with Gasteiger partial charge in [0, 0.05) is 25.6 Å². The number of halogens is 2. The summed E-state index contributed by atoms with van der Waals surface area (Å²) >= 11 is 0. The highest BCUT2D eigenvalue weighted by atomic mass is 19.3. The molecule has 4 rings (SSSR count). The quantitative estimate of drug-likeness (QED) is 0.592. The van der Waals surface area contributed by atoms with E-state index >= 15 is 0 Å². The van der Waals surface area contributed by atoms with E-state index in [4.69, 9.17) is 9.47 Å². The number of nitrogens with one attached hydrogen (secondary N) is 1. The summed E-state index contributed by atoms with van der Waals surface area (Å²) < 4.78 is 37.8. The fourth-order valence-corrected chi connectivity index (χ4v) is 5.11. The lowest BCUT2D eigenvalue weighted by Gasteiger charge is -2.41. The number of aromatic amines is 1. The molecule has 1 aromatic heterocycles. The lowest BCUT2D eigenvalue weighted by molar-refractivity contribution is -0.0591. The highest BCUT2D eigenvalue weighted by Crippen LogP contribution is 2.36. The number of nitrogens with zero attached hydrogens (tertiary/aromatic N) is 2. The second-order valence-electron chi connectivity index (χ2n) is 9.35. The number of H-pyrrole nitrogens is 1. The summed E-state index contributed by atoms with van der Waals surface area (Å²) in [5, 5.41) is 7.17. The van der Waals surface area contributed by atoms with Crippen LogP contribution in [0, 0.1) is 0 Å². The van der Waals surface area contributed by atoms with E-state index in [0.717, 1.165) is 51.1 Å². The van der Waals surface area contributed by atoms with Crippen molar-refractivity contribution in [2.45, 2.75) is 75.4 Å². The molecule has 6 nitrogen and oxygen atoms in total. The topological polar surface area (TPSA) is 67.5 Å². The molecule has 2 fully saturated rings. The number of rotatable bonds is 7. The molecule has 1 N–H and O–H groups in total. The van der Waals surface area contributed by atoms with Crippen LogP contribution in [0.4, 0.5) is 13.6 Å². The van der Waals surface area contributed by atoms with Crippen LogP contribution < -0.4 is 0 Å². The molecule has 2 aliphatic rings. The number of carbonyl (C=O) groups is 1. The van der Waals surface area contributed by atoms with Gasteiger partial charge in [-0.25, -0.2) is 13.6 Å². The lowest BCUT2D eigenvalue weighted by Crippen LogP contribution is -2.51. The van der Waals surface area contributed by atoms with Gasteiger partial charge in [0.2, 0.25) is 0 Å². The molecule has 2 atom stereocenters. The van der Waals surface area contributed by atoms with Crippen LogP contribution in [0.2, 0.25) is 0 Å². The maximum absolute atomic E-state index is 13.3. The van der Waals surface area contributed by atoms with Gasteiger partial charge in [0.1, 0.15) is 0 Å². The monoisotopic (exact) mass is 461 g/mol. The van der Waals surface area contributed by atoms with Crippen molar-refractivity contribution in [2.24, 2.45) is 0 Å². The average Bonchev–Trinajstić information content (AvgIpc) is 3.36. The smallest absolute Gasteiger partial charge is 0.410 e. The molecule has 1 saturated carbocycles. The van der Waals surface area contributed by atoms with Crippen LogP contribution in [0.3, 0.4) is 0 Å². The second kappa shape index (κ2) is 10.6. The number of aromatic nitrogens is 2. The summed E-state index contributed by atoms with van der Waals surface area (Å²) in [5.41, 5.74) is 2.23. The summed E-state index contributed by atoms with van der Waals surface area (Å²) in [6.45, 7) is 0.626. The molecule has 2 aromatic rings. The Labute approximate surface area is 193 Å². The zero-order chi connectivity index (χ0) is 23.3. The van der Waals surface area contributed by atoms with Gasteiger partial charge in [-0.15, -0.1) is 0 Å². The Hall–Kier alpha value is -2.48. The molecular formula is C25H33F2N3O3. The molecule has 1 saturated heterocycles. The number of piperidine rings is 1. The first-order valence-corrected chi connectivity index (χ1v) is 11.9. The van der Waals surface area contributed by atoms with Crippen LogP contribution in [0.5, 0.6) is 0 Å². The van der Waals surface area contributed by atoms with E-state index in [1.54, 1.807) is 11.1 Å². The van der Waals surface area contributed by atoms with Gasteiger partial charge in [0.05, 0.1) is 24.4 Å². The summed E-state index contributed by atoms with van der Waals surface area (Å²) in [4.78, 5) is 14.3. The average molecular weight is 462 g/mol. The van der Waals surface area contributed by atoms with Crippen molar-refractivity contribution in [1.29, 1.82) is 0 Å². The van der Waals surface area contributed by atoms with Gasteiger partial charge in [-0.1, -0.05) is 30.3 Å². The third-order valence-electron chi connectivity index (χ3n) is 6.81. The first-order chi connectivity index (χ1) is 15.9. The normalized spacial score (nSPS) is 26.2. The molecule has 0 spiro atoms. The summed E-state index contributed by atoms with van der Waals surface area (Å²) in [6, 6.07) is 12.2. The minimum Gasteiger partial charge on any atom is -0.443 e. The zero-order valence-electron chi connectivity index (χ0n) is 19.1. The van der Waals surface area contributed by atoms with Crippen molar-refractivity contribution in [2.75, 3.05) is 19.8 Å². The molecule has 8 heteroatoms. The number of likely N-dealkylation sites (tertiary alicyclic amines) is 1. The van der Waals surface area contributed by atoms with Crippen molar-refractivity contribution < 1.29 is 23.0 Å². The first kappa shape index (κ1) is 23.7. The Morgan fingerprint density at radius 2 is 1.91 bits per heavy atom. The van der Waals surface area contributed by atoms with E-state index in [0.29, 0.717) is 19.1 Å². The van der Waals surface area contributed by atoms with Gasteiger partial charge >= 0.3 is 6.09 Å². The van der Waals surface area contributed by atoms with Crippen LogP contribution in [0.1, 0.15) is 68.5 Å². The third kappa shape index (κ3) is 6.31. The van der Waals surface area contributed by atoms with Crippen molar-refractivity contribution in [3.05, 3.63) is 53.9 Å². The van der Waals surface area contributed by atoms with Crippen LogP contribution in [-0.4, -0.2) is 59.0 Å². The standard InChI is InChI=1S/C25H33F2N3O3/c1-25(26,27)17-33-24(31)30-15-5-8-21(22-13-14-28-29-22)23(30)16-32-20-11-9-19(10-12-20)18-6-3-2-4-7-18/h2-4,6-7,13-14,19-21,23H,5,8-12,15-17H2,1H3,(H,28,29)/t19-,20+,21-,23+/m1/s1. The second-order valence-corrected chi connectivity index (χ2v) is 9.35. The van der Waals surface area contributed by atoms with Gasteiger partial charge in [-0.3, -0.25) is 5.10 Å². The fraction of sp³-hybridized carbons (Fsp3) is 0.600. The molecule has 180 valence electrons. The van der Waals surface area contributed by atoms with Crippen LogP contribution in [0.15, 0.2) is 42.6 Å². The van der Waals surface area contributed by atoms with E-state index in [-0.39, 0.29) is 18.1 Å². The Morgan fingerprint density at radius 1 is 1.15 bits per heavy atom. The predicted octanol–water partition coefficient (Wildman–Crippen LogP) is 5.49. The van der Waals surface area contributed by atoms with Gasteiger partial charge in [0.25, 0.3) is 5.92 Å². The number of ether oxygens (including phenoxy) is 2. The Balaban J connectivity index is 1.38. The molecule has 0 unspecified atom stereocenters. The SMILES string of the molecule is CC(F)(F)COC(=O)N1CCC[C@H](c2cc[nH]n2)[C@@H]1CO[C@H]1CC[C@@H](c2ccccc2)CC1. The zero-order valence-corrected chi connectivity index (χ0v) is 19.1. The third-order valence-corrected chi connectivity index (χ3v) is 6.81. The molecule has 2 heterocycles. The maximum Gasteiger partial charge on any atom is 0.410 e. The Bertz CT molecular complexity index is 865. The van der Waals surface area contributed by atoms with Crippen LogP contribution in [0.25, 0.3) is 0 Å².